The SMILES string of the molecule is C[C@](CC(=O)Nc1cccc(S(=O)(=O)NC2CC2)c1)(C(=O)O)c1ccccc1. The van der Waals surface area contributed by atoms with Crippen molar-refractivity contribution in [1.82, 2.24) is 4.72 Å². The van der Waals surface area contributed by atoms with Crippen molar-refractivity contribution >= 4 is 27.6 Å². The maximum Gasteiger partial charge on any atom is 0.314 e. The van der Waals surface area contributed by atoms with E-state index < -0.39 is 27.3 Å². The van der Waals surface area contributed by atoms with Crippen molar-refractivity contribution < 1.29 is 23.1 Å². The van der Waals surface area contributed by atoms with Crippen LogP contribution >= 0.6 is 0 Å². The fourth-order valence-electron chi connectivity index (χ4n) is 2.86. The van der Waals surface area contributed by atoms with Crippen LogP contribution in [0, 0.1) is 0 Å². The Morgan fingerprint density at radius 2 is 1.79 bits per heavy atom. The number of rotatable bonds is 8. The first kappa shape index (κ1) is 20.0. The molecular weight excluding hydrogens is 380 g/mol. The van der Waals surface area contributed by atoms with E-state index in [9.17, 15) is 23.1 Å². The highest BCUT2D eigenvalue weighted by Crippen LogP contribution is 2.29. The predicted octanol–water partition coefficient (Wildman–Crippen LogP) is 2.50. The molecule has 3 rings (SSSR count). The molecule has 7 nitrogen and oxygen atoms in total. The zero-order valence-electron chi connectivity index (χ0n) is 15.4. The molecule has 0 saturated heterocycles. The molecule has 1 atom stereocenters. The van der Waals surface area contributed by atoms with Gasteiger partial charge in [-0.1, -0.05) is 36.4 Å². The molecule has 28 heavy (non-hydrogen) atoms. The van der Waals surface area contributed by atoms with Gasteiger partial charge in [0.15, 0.2) is 0 Å². The average molecular weight is 402 g/mol. The maximum absolute atomic E-state index is 12.5. The quantitative estimate of drug-likeness (QED) is 0.628. The minimum Gasteiger partial charge on any atom is -0.481 e. The van der Waals surface area contributed by atoms with E-state index >= 15 is 0 Å². The lowest BCUT2D eigenvalue weighted by molar-refractivity contribution is -0.145. The number of amides is 1. The van der Waals surface area contributed by atoms with Gasteiger partial charge < -0.3 is 10.4 Å². The monoisotopic (exact) mass is 402 g/mol. The van der Waals surface area contributed by atoms with Crippen LogP contribution in [0.5, 0.6) is 0 Å². The summed E-state index contributed by atoms with van der Waals surface area (Å²) in [6.45, 7) is 1.49. The number of sulfonamides is 1. The number of carboxylic acid groups (broad SMARTS) is 1. The van der Waals surface area contributed by atoms with Crippen LogP contribution in [0.15, 0.2) is 59.5 Å². The topological polar surface area (TPSA) is 113 Å². The van der Waals surface area contributed by atoms with Crippen molar-refractivity contribution in [1.29, 1.82) is 0 Å². The molecule has 148 valence electrons. The van der Waals surface area contributed by atoms with Gasteiger partial charge in [-0.25, -0.2) is 13.1 Å². The van der Waals surface area contributed by atoms with Gasteiger partial charge in [0.25, 0.3) is 0 Å². The summed E-state index contributed by atoms with van der Waals surface area (Å²) in [5.74, 6) is -1.63. The Morgan fingerprint density at radius 1 is 1.11 bits per heavy atom. The molecule has 0 heterocycles. The first-order valence-corrected chi connectivity index (χ1v) is 10.4. The van der Waals surface area contributed by atoms with Crippen molar-refractivity contribution in [3.63, 3.8) is 0 Å². The van der Waals surface area contributed by atoms with E-state index in [1.165, 1.54) is 25.1 Å². The van der Waals surface area contributed by atoms with Crippen molar-refractivity contribution in [2.45, 2.75) is 42.5 Å². The molecule has 3 N–H and O–H groups in total. The van der Waals surface area contributed by atoms with Crippen molar-refractivity contribution in [3.8, 4) is 0 Å². The molecule has 0 aromatic heterocycles. The summed E-state index contributed by atoms with van der Waals surface area (Å²) >= 11 is 0. The molecule has 0 unspecified atom stereocenters. The molecule has 2 aromatic carbocycles. The first-order valence-electron chi connectivity index (χ1n) is 8.92. The van der Waals surface area contributed by atoms with Gasteiger partial charge in [0.05, 0.1) is 10.3 Å². The molecule has 1 fully saturated rings. The second-order valence-electron chi connectivity index (χ2n) is 7.15. The van der Waals surface area contributed by atoms with Gasteiger partial charge in [0, 0.05) is 18.2 Å². The van der Waals surface area contributed by atoms with E-state index in [0.717, 1.165) is 12.8 Å². The summed E-state index contributed by atoms with van der Waals surface area (Å²) in [4.78, 5) is 24.4. The minimum atomic E-state index is -3.64. The second kappa shape index (κ2) is 7.73. The van der Waals surface area contributed by atoms with E-state index in [1.54, 1.807) is 36.4 Å². The highest BCUT2D eigenvalue weighted by atomic mass is 32.2. The normalized spacial score (nSPS) is 16.2. The summed E-state index contributed by atoms with van der Waals surface area (Å²) in [5.41, 5.74) is -0.588. The number of anilines is 1. The highest BCUT2D eigenvalue weighted by molar-refractivity contribution is 7.89. The molecule has 0 radical (unpaired) electrons. The Hall–Kier alpha value is -2.71. The average Bonchev–Trinajstić information content (AvgIpc) is 3.45. The first-order chi connectivity index (χ1) is 13.2. The minimum absolute atomic E-state index is 0.0228. The fraction of sp³-hybridized carbons (Fsp3) is 0.300. The largest absolute Gasteiger partial charge is 0.481 e. The molecule has 1 aliphatic carbocycles. The Morgan fingerprint density at radius 3 is 2.39 bits per heavy atom. The van der Waals surface area contributed by atoms with Gasteiger partial charge in [0.1, 0.15) is 0 Å². The number of hydrogen-bond donors (Lipinski definition) is 3. The standard InChI is InChI=1S/C20H22N2O5S/c1-20(19(24)25,14-6-3-2-4-7-14)13-18(23)21-16-8-5-9-17(12-16)28(26,27)22-15-10-11-15/h2-9,12,15,22H,10-11,13H2,1H3,(H,21,23)(H,24,25)/t20-/m1/s1. The molecule has 1 aliphatic rings. The van der Waals surface area contributed by atoms with Crippen LogP contribution in [-0.4, -0.2) is 31.4 Å². The number of aliphatic carboxylic acids is 1. The molecule has 2 aromatic rings. The lowest BCUT2D eigenvalue weighted by Gasteiger charge is -2.24. The molecule has 1 saturated carbocycles. The maximum atomic E-state index is 12.5. The highest BCUT2D eigenvalue weighted by Gasteiger charge is 2.37. The molecule has 0 spiro atoms. The lowest BCUT2D eigenvalue weighted by Crippen LogP contribution is -2.36. The molecule has 1 amide bonds. The van der Waals surface area contributed by atoms with Gasteiger partial charge in [-0.3, -0.25) is 9.59 Å². The zero-order chi connectivity index (χ0) is 20.4. The second-order valence-corrected chi connectivity index (χ2v) is 8.87. The van der Waals surface area contributed by atoms with Crippen LogP contribution in [0.3, 0.4) is 0 Å². The van der Waals surface area contributed by atoms with E-state index in [1.807, 2.05) is 0 Å². The van der Waals surface area contributed by atoms with Crippen molar-refractivity contribution in [3.05, 3.63) is 60.2 Å². The number of nitrogens with one attached hydrogen (secondary N) is 2. The van der Waals surface area contributed by atoms with Crippen molar-refractivity contribution in [2.75, 3.05) is 5.32 Å². The Balaban J connectivity index is 1.75. The van der Waals surface area contributed by atoms with Crippen LogP contribution in [0.2, 0.25) is 0 Å². The molecule has 0 bridgehead atoms. The number of carboxylic acids is 1. The number of carbonyl (C=O) groups excluding carboxylic acids is 1. The van der Waals surface area contributed by atoms with E-state index in [2.05, 4.69) is 10.0 Å². The van der Waals surface area contributed by atoms with Gasteiger partial charge in [0.2, 0.25) is 15.9 Å². The van der Waals surface area contributed by atoms with Gasteiger partial charge >= 0.3 is 5.97 Å². The van der Waals surface area contributed by atoms with Crippen LogP contribution in [-0.2, 0) is 25.0 Å². The summed E-state index contributed by atoms with van der Waals surface area (Å²) in [6, 6.07) is 14.4. The van der Waals surface area contributed by atoms with E-state index in [4.69, 9.17) is 0 Å². The Labute approximate surface area is 163 Å². The summed E-state index contributed by atoms with van der Waals surface area (Å²) in [5, 5.41) is 12.3. The third kappa shape index (κ3) is 4.58. The van der Waals surface area contributed by atoms with Gasteiger partial charge in [-0.15, -0.1) is 0 Å². The number of benzene rings is 2. The number of carbonyl (C=O) groups is 2. The number of hydrogen-bond acceptors (Lipinski definition) is 4. The molecular formula is C20H22N2O5S. The Kier molecular flexibility index (Phi) is 5.53. The summed E-state index contributed by atoms with van der Waals surface area (Å²) in [6.07, 6.45) is 1.36. The predicted molar refractivity (Wildman–Crippen MR) is 104 cm³/mol. The van der Waals surface area contributed by atoms with Crippen molar-refractivity contribution in [2.24, 2.45) is 0 Å². The lowest BCUT2D eigenvalue weighted by atomic mass is 9.79. The summed E-state index contributed by atoms with van der Waals surface area (Å²) in [7, 11) is -3.64. The van der Waals surface area contributed by atoms with E-state index in [0.29, 0.717) is 11.3 Å². The van der Waals surface area contributed by atoms with E-state index in [-0.39, 0.29) is 17.4 Å². The fourth-order valence-corrected chi connectivity index (χ4v) is 4.21. The van der Waals surface area contributed by atoms with Crippen LogP contribution in [0.25, 0.3) is 0 Å². The molecule has 0 aliphatic heterocycles. The molecule has 8 heteroatoms. The van der Waals surface area contributed by atoms with Crippen LogP contribution < -0.4 is 10.0 Å². The zero-order valence-corrected chi connectivity index (χ0v) is 16.2. The Bertz CT molecular complexity index is 987. The van der Waals surface area contributed by atoms with Crippen LogP contribution in [0.1, 0.15) is 31.7 Å². The van der Waals surface area contributed by atoms with Gasteiger partial charge in [-0.2, -0.15) is 0 Å². The summed E-state index contributed by atoms with van der Waals surface area (Å²) < 4.78 is 27.2. The van der Waals surface area contributed by atoms with Crippen LogP contribution in [0.4, 0.5) is 5.69 Å². The third-order valence-electron chi connectivity index (χ3n) is 4.72. The van der Waals surface area contributed by atoms with Gasteiger partial charge in [-0.05, 0) is 43.5 Å². The smallest absolute Gasteiger partial charge is 0.314 e. The third-order valence-corrected chi connectivity index (χ3v) is 6.24.